The number of allylic oxidation sites excluding steroid dienone is 8. The molecule has 0 atom stereocenters. The van der Waals surface area contributed by atoms with Crippen molar-refractivity contribution >= 4 is 0 Å². The van der Waals surface area contributed by atoms with Crippen LogP contribution >= 0.6 is 0 Å². The minimum absolute atomic E-state index is 0.302. The average molecular weight is 425 g/mol. The second kappa shape index (κ2) is 13.2. The molecule has 0 fully saturated rings. The smallest absolute Gasteiger partial charge is 0.122 e. The zero-order valence-electron chi connectivity index (χ0n) is 21.2. The average Bonchev–Trinajstić information content (AvgIpc) is 2.70. The van der Waals surface area contributed by atoms with Crippen LogP contribution in [0.15, 0.2) is 46.6 Å². The van der Waals surface area contributed by atoms with E-state index in [1.165, 1.54) is 22.3 Å². The second-order valence-electron chi connectivity index (χ2n) is 9.30. The van der Waals surface area contributed by atoms with E-state index >= 15 is 0 Å². The van der Waals surface area contributed by atoms with Gasteiger partial charge in [0.05, 0.1) is 0 Å². The van der Waals surface area contributed by atoms with Gasteiger partial charge >= 0.3 is 0 Å². The van der Waals surface area contributed by atoms with Crippen LogP contribution in [-0.4, -0.2) is 10.2 Å². The molecule has 0 heterocycles. The predicted molar refractivity (Wildman–Crippen MR) is 136 cm³/mol. The molecule has 2 heteroatoms. The van der Waals surface area contributed by atoms with Crippen LogP contribution in [0.25, 0.3) is 0 Å². The lowest BCUT2D eigenvalue weighted by Crippen LogP contribution is -1.96. The first-order valence-electron chi connectivity index (χ1n) is 11.6. The zero-order valence-corrected chi connectivity index (χ0v) is 21.2. The van der Waals surface area contributed by atoms with Gasteiger partial charge in [-0.3, -0.25) is 0 Å². The maximum atomic E-state index is 10.5. The summed E-state index contributed by atoms with van der Waals surface area (Å²) < 4.78 is 0. The van der Waals surface area contributed by atoms with Crippen molar-refractivity contribution in [3.63, 3.8) is 0 Å². The van der Waals surface area contributed by atoms with Gasteiger partial charge in [0.2, 0.25) is 0 Å². The molecule has 0 amide bonds. The summed E-state index contributed by atoms with van der Waals surface area (Å²) in [4.78, 5) is 0. The maximum Gasteiger partial charge on any atom is 0.122 e. The summed E-state index contributed by atoms with van der Waals surface area (Å²) in [6.07, 6.45) is 16.5. The first kappa shape index (κ1) is 26.8. The molecule has 0 saturated heterocycles. The molecule has 1 aromatic carbocycles. The van der Waals surface area contributed by atoms with Crippen LogP contribution in [-0.2, 0) is 6.42 Å². The van der Waals surface area contributed by atoms with Gasteiger partial charge in [-0.2, -0.15) is 0 Å². The van der Waals surface area contributed by atoms with E-state index in [0.717, 1.165) is 60.8 Å². The Morgan fingerprint density at radius 2 is 1.00 bits per heavy atom. The number of rotatable bonds is 11. The Balaban J connectivity index is 2.52. The summed E-state index contributed by atoms with van der Waals surface area (Å²) in [5, 5.41) is 20.8. The Bertz CT molecular complexity index is 830. The molecular weight excluding hydrogens is 380 g/mol. The molecular formula is C29H44O2. The van der Waals surface area contributed by atoms with E-state index < -0.39 is 0 Å². The number of phenolic OH excluding ortho intramolecular Hbond substituents is 2. The molecule has 0 aliphatic rings. The highest BCUT2D eigenvalue weighted by Gasteiger charge is 2.15. The Morgan fingerprint density at radius 1 is 0.581 bits per heavy atom. The molecule has 0 unspecified atom stereocenters. The zero-order chi connectivity index (χ0) is 23.6. The third-order valence-electron chi connectivity index (χ3n) is 6.18. The fourth-order valence-corrected chi connectivity index (χ4v) is 3.70. The van der Waals surface area contributed by atoms with Crippen molar-refractivity contribution in [1.82, 2.24) is 0 Å². The first-order valence-corrected chi connectivity index (χ1v) is 11.6. The SMILES string of the molecule is CC(C)=CCCC(C)=CCCC(C)=CCCC(C)=CCc1c(C)c(O)c(C)c(C)c1O. The van der Waals surface area contributed by atoms with Gasteiger partial charge < -0.3 is 10.2 Å². The van der Waals surface area contributed by atoms with Gasteiger partial charge in [-0.15, -0.1) is 0 Å². The number of aromatic hydroxyl groups is 2. The van der Waals surface area contributed by atoms with Crippen molar-refractivity contribution in [2.45, 2.75) is 100 Å². The topological polar surface area (TPSA) is 40.5 Å². The van der Waals surface area contributed by atoms with E-state index in [0.29, 0.717) is 17.9 Å². The molecule has 0 aromatic heterocycles. The largest absolute Gasteiger partial charge is 0.507 e. The standard InChI is InChI=1S/C29H44O2/c1-20(2)12-9-13-21(3)14-10-15-22(4)16-11-17-23(5)18-19-27-26(8)28(30)24(6)25(7)29(27)31/h12,14,16,18,30-31H,9-11,13,15,17,19H2,1-8H3. The lowest BCUT2D eigenvalue weighted by atomic mass is 9.94. The fourth-order valence-electron chi connectivity index (χ4n) is 3.70. The Labute approximate surface area is 191 Å². The van der Waals surface area contributed by atoms with Gasteiger partial charge in [0.15, 0.2) is 0 Å². The maximum absolute atomic E-state index is 10.5. The van der Waals surface area contributed by atoms with Crippen molar-refractivity contribution in [2.24, 2.45) is 0 Å². The molecule has 0 aliphatic carbocycles. The molecule has 0 aliphatic heterocycles. The molecule has 172 valence electrons. The lowest BCUT2D eigenvalue weighted by molar-refractivity contribution is 0.444. The third-order valence-corrected chi connectivity index (χ3v) is 6.18. The highest BCUT2D eigenvalue weighted by Crippen LogP contribution is 2.36. The van der Waals surface area contributed by atoms with Crippen molar-refractivity contribution in [3.05, 3.63) is 68.9 Å². The fraction of sp³-hybridized carbons (Fsp3) is 0.517. The van der Waals surface area contributed by atoms with Gasteiger partial charge in [0.25, 0.3) is 0 Å². The van der Waals surface area contributed by atoms with Crippen LogP contribution in [0.4, 0.5) is 0 Å². The van der Waals surface area contributed by atoms with Crippen LogP contribution < -0.4 is 0 Å². The summed E-state index contributed by atoms with van der Waals surface area (Å²) in [5.41, 5.74) is 8.80. The van der Waals surface area contributed by atoms with Crippen LogP contribution in [0.3, 0.4) is 0 Å². The highest BCUT2D eigenvalue weighted by molar-refractivity contribution is 5.57. The number of hydrogen-bond acceptors (Lipinski definition) is 2. The van der Waals surface area contributed by atoms with Crippen LogP contribution in [0.2, 0.25) is 0 Å². The molecule has 0 spiro atoms. The van der Waals surface area contributed by atoms with E-state index in [-0.39, 0.29) is 0 Å². The van der Waals surface area contributed by atoms with E-state index in [1.54, 1.807) is 0 Å². The van der Waals surface area contributed by atoms with Crippen LogP contribution in [0.1, 0.15) is 95.4 Å². The van der Waals surface area contributed by atoms with Crippen LogP contribution in [0, 0.1) is 20.8 Å². The highest BCUT2D eigenvalue weighted by atomic mass is 16.3. The molecule has 0 radical (unpaired) electrons. The minimum Gasteiger partial charge on any atom is -0.507 e. The van der Waals surface area contributed by atoms with Gasteiger partial charge in [-0.25, -0.2) is 0 Å². The lowest BCUT2D eigenvalue weighted by Gasteiger charge is -2.15. The van der Waals surface area contributed by atoms with E-state index in [2.05, 4.69) is 58.9 Å². The quantitative estimate of drug-likeness (QED) is 0.275. The Kier molecular flexibility index (Phi) is 11.5. The summed E-state index contributed by atoms with van der Waals surface area (Å²) in [6.45, 7) is 16.5. The van der Waals surface area contributed by atoms with Gasteiger partial charge in [-0.05, 0) is 117 Å². The Hall–Kier alpha value is -2.22. The monoisotopic (exact) mass is 424 g/mol. The summed E-state index contributed by atoms with van der Waals surface area (Å²) in [5.74, 6) is 0.618. The number of benzene rings is 1. The summed E-state index contributed by atoms with van der Waals surface area (Å²) in [6, 6.07) is 0. The van der Waals surface area contributed by atoms with Crippen molar-refractivity contribution in [1.29, 1.82) is 0 Å². The molecule has 1 aromatic rings. The third kappa shape index (κ3) is 9.21. The second-order valence-corrected chi connectivity index (χ2v) is 9.30. The minimum atomic E-state index is 0.302. The van der Waals surface area contributed by atoms with E-state index in [4.69, 9.17) is 0 Å². The number of hydrogen-bond donors (Lipinski definition) is 2. The van der Waals surface area contributed by atoms with Crippen molar-refractivity contribution < 1.29 is 10.2 Å². The molecule has 2 N–H and O–H groups in total. The normalized spacial score (nSPS) is 13.0. The van der Waals surface area contributed by atoms with Gasteiger partial charge in [-0.1, -0.05) is 46.6 Å². The molecule has 1 rings (SSSR count). The molecule has 2 nitrogen and oxygen atoms in total. The Morgan fingerprint density at radius 3 is 1.48 bits per heavy atom. The van der Waals surface area contributed by atoms with Gasteiger partial charge in [0, 0.05) is 5.56 Å². The summed E-state index contributed by atoms with van der Waals surface area (Å²) >= 11 is 0. The number of phenols is 2. The van der Waals surface area contributed by atoms with Crippen molar-refractivity contribution in [3.8, 4) is 11.5 Å². The van der Waals surface area contributed by atoms with Crippen molar-refractivity contribution in [2.75, 3.05) is 0 Å². The van der Waals surface area contributed by atoms with Gasteiger partial charge in [0.1, 0.15) is 11.5 Å². The molecule has 31 heavy (non-hydrogen) atoms. The molecule has 0 saturated carbocycles. The first-order chi connectivity index (χ1) is 14.5. The van der Waals surface area contributed by atoms with E-state index in [1.807, 2.05) is 20.8 Å². The summed E-state index contributed by atoms with van der Waals surface area (Å²) in [7, 11) is 0. The van der Waals surface area contributed by atoms with Crippen LogP contribution in [0.5, 0.6) is 11.5 Å². The van der Waals surface area contributed by atoms with E-state index in [9.17, 15) is 10.2 Å². The molecule has 0 bridgehead atoms. The predicted octanol–water partition coefficient (Wildman–Crippen LogP) is 8.71.